The number of nitrogens with zero attached hydrogens (tertiary/aromatic N) is 1. The number of likely N-dealkylation sites (tertiary alicyclic amines) is 1. The number of hydrogen-bond donors (Lipinski definition) is 1. The largest absolute Gasteiger partial charge is 0.481 e. The molecule has 1 aromatic rings. The van der Waals surface area contributed by atoms with Gasteiger partial charge in [-0.3, -0.25) is 9.59 Å². The number of rotatable bonds is 2. The maximum absolute atomic E-state index is 12.6. The highest BCUT2D eigenvalue weighted by Crippen LogP contribution is 2.28. The minimum absolute atomic E-state index is 0.183. The van der Waals surface area contributed by atoms with E-state index in [0.29, 0.717) is 34.4 Å². The molecule has 0 spiro atoms. The summed E-state index contributed by atoms with van der Waals surface area (Å²) in [7, 11) is 0. The fourth-order valence-corrected chi connectivity index (χ4v) is 3.16. The van der Waals surface area contributed by atoms with Crippen LogP contribution in [0.1, 0.15) is 30.1 Å². The fraction of sp³-hybridized carbons (Fsp3) is 0.429. The second kappa shape index (κ2) is 6.14. The van der Waals surface area contributed by atoms with Gasteiger partial charge in [-0.15, -0.1) is 0 Å². The molecule has 1 saturated heterocycles. The van der Waals surface area contributed by atoms with Gasteiger partial charge in [0.15, 0.2) is 0 Å². The molecule has 2 atom stereocenters. The van der Waals surface area contributed by atoms with Crippen molar-refractivity contribution in [1.82, 2.24) is 4.90 Å². The highest BCUT2D eigenvalue weighted by Gasteiger charge is 2.36. The topological polar surface area (TPSA) is 57.6 Å². The number of hydrogen-bond acceptors (Lipinski definition) is 2. The molecular weight excluding hydrogens is 346 g/mol. The van der Waals surface area contributed by atoms with E-state index in [-0.39, 0.29) is 11.9 Å². The maximum Gasteiger partial charge on any atom is 0.308 e. The lowest BCUT2D eigenvalue weighted by molar-refractivity contribution is -0.144. The predicted octanol–water partition coefficient (Wildman–Crippen LogP) is 3.43. The third-order valence-corrected chi connectivity index (χ3v) is 4.65. The molecule has 6 heteroatoms. The fourth-order valence-electron chi connectivity index (χ4n) is 2.58. The van der Waals surface area contributed by atoms with E-state index >= 15 is 0 Å². The Bertz CT molecular complexity index is 549. The molecule has 1 fully saturated rings. The van der Waals surface area contributed by atoms with Gasteiger partial charge in [0, 0.05) is 22.1 Å². The van der Waals surface area contributed by atoms with Crippen LogP contribution in [0.25, 0.3) is 0 Å². The number of halogens is 2. The Labute approximate surface area is 130 Å². The summed E-state index contributed by atoms with van der Waals surface area (Å²) >= 11 is 9.27. The molecular formula is C14H15BrClNO3. The average molecular weight is 361 g/mol. The zero-order chi connectivity index (χ0) is 14.9. The van der Waals surface area contributed by atoms with Crippen LogP contribution < -0.4 is 0 Å². The number of benzene rings is 1. The minimum atomic E-state index is -0.847. The quantitative estimate of drug-likeness (QED) is 0.879. The minimum Gasteiger partial charge on any atom is -0.481 e. The van der Waals surface area contributed by atoms with Crippen LogP contribution >= 0.6 is 27.5 Å². The lowest BCUT2D eigenvalue weighted by atomic mass is 9.90. The number of carboxylic acids is 1. The number of carbonyl (C=O) groups excluding carboxylic acids is 1. The molecule has 1 aliphatic rings. The molecule has 2 rings (SSSR count). The van der Waals surface area contributed by atoms with Crippen molar-refractivity contribution in [3.05, 3.63) is 33.3 Å². The summed E-state index contributed by atoms with van der Waals surface area (Å²) < 4.78 is 0.663. The van der Waals surface area contributed by atoms with Crippen molar-refractivity contribution in [3.8, 4) is 0 Å². The van der Waals surface area contributed by atoms with E-state index in [1.165, 1.54) is 0 Å². The summed E-state index contributed by atoms with van der Waals surface area (Å²) in [5, 5.41) is 9.69. The van der Waals surface area contributed by atoms with Crippen molar-refractivity contribution in [2.45, 2.75) is 25.8 Å². The summed E-state index contributed by atoms with van der Waals surface area (Å²) in [6.45, 7) is 2.36. The first-order chi connectivity index (χ1) is 9.41. The summed E-state index contributed by atoms with van der Waals surface area (Å²) in [6, 6.07) is 4.70. The zero-order valence-electron chi connectivity index (χ0n) is 11.0. The molecule has 4 nitrogen and oxygen atoms in total. The predicted molar refractivity (Wildman–Crippen MR) is 80.0 cm³/mol. The van der Waals surface area contributed by atoms with Crippen molar-refractivity contribution < 1.29 is 14.7 Å². The van der Waals surface area contributed by atoms with Crippen LogP contribution in [0.15, 0.2) is 22.7 Å². The Hall–Kier alpha value is -1.07. The van der Waals surface area contributed by atoms with Gasteiger partial charge in [0.05, 0.1) is 11.5 Å². The number of aliphatic carboxylic acids is 1. The van der Waals surface area contributed by atoms with Gasteiger partial charge in [0.2, 0.25) is 0 Å². The Morgan fingerprint density at radius 1 is 1.45 bits per heavy atom. The molecule has 1 aliphatic heterocycles. The lowest BCUT2D eigenvalue weighted by Gasteiger charge is -2.37. The number of piperidine rings is 1. The van der Waals surface area contributed by atoms with Gasteiger partial charge in [-0.25, -0.2) is 0 Å². The van der Waals surface area contributed by atoms with Crippen molar-refractivity contribution in [2.75, 3.05) is 6.54 Å². The third-order valence-electron chi connectivity index (χ3n) is 3.72. The molecule has 0 aromatic heterocycles. The van der Waals surface area contributed by atoms with E-state index in [2.05, 4.69) is 15.9 Å². The van der Waals surface area contributed by atoms with Crippen molar-refractivity contribution in [1.29, 1.82) is 0 Å². The van der Waals surface area contributed by atoms with Gasteiger partial charge >= 0.3 is 5.97 Å². The van der Waals surface area contributed by atoms with Crippen molar-refractivity contribution in [3.63, 3.8) is 0 Å². The molecule has 0 bridgehead atoms. The SMILES string of the molecule is C[C@@H]1[C@H](C(=O)O)CCCN1C(=O)c1cc(Cl)ccc1Br. The smallest absolute Gasteiger partial charge is 0.308 e. The lowest BCUT2D eigenvalue weighted by Crippen LogP contribution is -2.49. The summed E-state index contributed by atoms with van der Waals surface area (Å²) in [4.78, 5) is 25.4. The highest BCUT2D eigenvalue weighted by atomic mass is 79.9. The van der Waals surface area contributed by atoms with Gasteiger partial charge in [-0.2, -0.15) is 0 Å². The van der Waals surface area contributed by atoms with Gasteiger partial charge in [-0.05, 0) is 53.9 Å². The van der Waals surface area contributed by atoms with Crippen LogP contribution in [0.2, 0.25) is 5.02 Å². The standard InChI is InChI=1S/C14H15BrClNO3/c1-8-10(14(19)20)3-2-6-17(8)13(18)11-7-9(16)4-5-12(11)15/h4-5,7-8,10H,2-3,6H2,1H3,(H,19,20)/t8-,10-/m1/s1. The monoisotopic (exact) mass is 359 g/mol. The van der Waals surface area contributed by atoms with E-state index in [1.54, 1.807) is 30.0 Å². The highest BCUT2D eigenvalue weighted by molar-refractivity contribution is 9.10. The first kappa shape index (κ1) is 15.3. The Kier molecular flexibility index (Phi) is 4.70. The van der Waals surface area contributed by atoms with Crippen LogP contribution in [0, 0.1) is 5.92 Å². The zero-order valence-corrected chi connectivity index (χ0v) is 13.3. The molecule has 0 saturated carbocycles. The van der Waals surface area contributed by atoms with Gasteiger partial charge in [0.1, 0.15) is 0 Å². The van der Waals surface area contributed by atoms with Gasteiger partial charge in [0.25, 0.3) is 5.91 Å². The van der Waals surface area contributed by atoms with Crippen LogP contribution in [-0.4, -0.2) is 34.5 Å². The van der Waals surface area contributed by atoms with Gasteiger partial charge < -0.3 is 10.0 Å². The van der Waals surface area contributed by atoms with Crippen LogP contribution in [0.3, 0.4) is 0 Å². The maximum atomic E-state index is 12.6. The molecule has 1 aromatic carbocycles. The molecule has 0 unspecified atom stereocenters. The number of carboxylic acid groups (broad SMARTS) is 1. The van der Waals surface area contributed by atoms with E-state index in [4.69, 9.17) is 11.6 Å². The Morgan fingerprint density at radius 3 is 2.80 bits per heavy atom. The van der Waals surface area contributed by atoms with Crippen molar-refractivity contribution >= 4 is 39.4 Å². The Balaban J connectivity index is 2.28. The van der Waals surface area contributed by atoms with Crippen molar-refractivity contribution in [2.24, 2.45) is 5.92 Å². The third kappa shape index (κ3) is 2.99. The van der Waals surface area contributed by atoms with E-state index in [0.717, 1.165) is 0 Å². The number of carbonyl (C=O) groups is 2. The van der Waals surface area contributed by atoms with E-state index < -0.39 is 11.9 Å². The molecule has 20 heavy (non-hydrogen) atoms. The Morgan fingerprint density at radius 2 is 2.15 bits per heavy atom. The number of amides is 1. The molecule has 1 N–H and O–H groups in total. The second-order valence-electron chi connectivity index (χ2n) is 4.95. The molecule has 0 aliphatic carbocycles. The van der Waals surface area contributed by atoms with Crippen LogP contribution in [-0.2, 0) is 4.79 Å². The van der Waals surface area contributed by atoms with Crippen LogP contribution in [0.4, 0.5) is 0 Å². The average Bonchev–Trinajstić information content (AvgIpc) is 2.40. The molecule has 1 heterocycles. The summed E-state index contributed by atoms with van der Waals surface area (Å²) in [6.07, 6.45) is 1.31. The first-order valence-corrected chi connectivity index (χ1v) is 7.57. The van der Waals surface area contributed by atoms with E-state index in [1.807, 2.05) is 0 Å². The van der Waals surface area contributed by atoms with Crippen LogP contribution in [0.5, 0.6) is 0 Å². The summed E-state index contributed by atoms with van der Waals surface area (Å²) in [5.74, 6) is -1.54. The first-order valence-electron chi connectivity index (χ1n) is 6.40. The van der Waals surface area contributed by atoms with E-state index in [9.17, 15) is 14.7 Å². The molecule has 0 radical (unpaired) electrons. The molecule has 108 valence electrons. The van der Waals surface area contributed by atoms with Gasteiger partial charge in [-0.1, -0.05) is 11.6 Å². The summed E-state index contributed by atoms with van der Waals surface area (Å²) in [5.41, 5.74) is 0.468. The normalized spacial score (nSPS) is 22.6. The second-order valence-corrected chi connectivity index (χ2v) is 6.24. The molecule has 1 amide bonds.